The summed E-state index contributed by atoms with van der Waals surface area (Å²) in [4.78, 5) is 76.7. The number of rotatable bonds is 20. The van der Waals surface area contributed by atoms with Crippen molar-refractivity contribution in [3.05, 3.63) is 370 Å². The van der Waals surface area contributed by atoms with Crippen LogP contribution in [0.4, 0.5) is 0 Å². The van der Waals surface area contributed by atoms with E-state index in [4.69, 9.17) is 177 Å². The molecular formula is C98H80Cl12O16S2. The third-order valence-corrected chi connectivity index (χ3v) is 24.4. The van der Waals surface area contributed by atoms with Crippen molar-refractivity contribution in [3.8, 4) is 34.5 Å². The maximum atomic E-state index is 13.3. The molecule has 0 saturated carbocycles. The number of benzene rings is 12. The Kier molecular flexibility index (Phi) is 38.8. The molecule has 12 aromatic rings. The first-order valence-electron chi connectivity index (χ1n) is 40.1. The molecule has 4 fully saturated rings. The number of phenols is 3. The van der Waals surface area contributed by atoms with Crippen molar-refractivity contribution in [2.45, 2.75) is 111 Å². The largest absolute Gasteiger partial charge is 0.508 e. The van der Waals surface area contributed by atoms with Gasteiger partial charge in [0.15, 0.2) is 53.6 Å². The second-order valence-electron chi connectivity index (χ2n) is 28.9. The molecule has 4 aliphatic heterocycles. The average molecular weight is 2000 g/mol. The number of ketones is 6. The summed E-state index contributed by atoms with van der Waals surface area (Å²) in [6.45, 7) is 2.89. The summed E-state index contributed by atoms with van der Waals surface area (Å²) in [5.41, 5.74) is 4.89. The highest BCUT2D eigenvalue weighted by atomic mass is 35.5. The predicted octanol–water partition coefficient (Wildman–Crippen LogP) is 29.1. The highest BCUT2D eigenvalue weighted by Crippen LogP contribution is 2.38. The van der Waals surface area contributed by atoms with Gasteiger partial charge in [-0.3, -0.25) is 28.8 Å². The van der Waals surface area contributed by atoms with Gasteiger partial charge >= 0.3 is 0 Å². The van der Waals surface area contributed by atoms with Crippen LogP contribution in [0, 0.1) is 0 Å². The van der Waals surface area contributed by atoms with Crippen LogP contribution in [0.2, 0.25) is 60.3 Å². The van der Waals surface area contributed by atoms with Gasteiger partial charge in [0.1, 0.15) is 39.9 Å². The van der Waals surface area contributed by atoms with Gasteiger partial charge in [0.25, 0.3) is 0 Å². The molecule has 30 heteroatoms. The van der Waals surface area contributed by atoms with Crippen molar-refractivity contribution < 1.29 is 77.2 Å². The van der Waals surface area contributed by atoms with Crippen LogP contribution in [0.3, 0.4) is 0 Å². The van der Waals surface area contributed by atoms with Gasteiger partial charge in [-0.05, 0) is 288 Å². The number of carbonyl (C=O) groups excluding carboxylic acids is 6. The molecular weight excluding hydrogens is 1920 g/mol. The second-order valence-corrected chi connectivity index (χ2v) is 35.7. The quantitative estimate of drug-likeness (QED) is 0.0411. The Hall–Kier alpha value is -8.52. The van der Waals surface area contributed by atoms with Crippen LogP contribution in [0.15, 0.2) is 252 Å². The fraction of sp³-hybridized carbons (Fsp3) is 0.204. The van der Waals surface area contributed by atoms with Crippen LogP contribution in [-0.2, 0) is 18.9 Å². The van der Waals surface area contributed by atoms with Crippen LogP contribution in [0.5, 0.6) is 34.5 Å². The van der Waals surface area contributed by atoms with Gasteiger partial charge in [0, 0.05) is 134 Å². The van der Waals surface area contributed by atoms with Gasteiger partial charge in [0.05, 0.1) is 61.1 Å². The molecule has 128 heavy (non-hydrogen) atoms. The summed E-state index contributed by atoms with van der Waals surface area (Å²) in [5.74, 6) is -0.0441. The van der Waals surface area contributed by atoms with E-state index in [0.717, 1.165) is 99.7 Å². The van der Waals surface area contributed by atoms with Crippen LogP contribution in [0.25, 0.3) is 0 Å². The Morgan fingerprint density at radius 2 is 0.594 bits per heavy atom. The molecule has 12 aromatic carbocycles. The first-order chi connectivity index (χ1) is 61.5. The number of aromatic hydroxyl groups is 3. The number of thioether (sulfide) groups is 1. The molecule has 0 bridgehead atoms. The van der Waals surface area contributed by atoms with Crippen molar-refractivity contribution in [2.75, 3.05) is 26.4 Å². The fourth-order valence-corrected chi connectivity index (χ4v) is 16.4. The molecule has 16 rings (SSSR count). The maximum Gasteiger partial charge on any atom is 0.199 e. The first kappa shape index (κ1) is 100. The van der Waals surface area contributed by atoms with Crippen molar-refractivity contribution in [3.63, 3.8) is 0 Å². The number of hydrogen-bond acceptors (Lipinski definition) is 18. The molecule has 0 aliphatic carbocycles. The fourth-order valence-electron chi connectivity index (χ4n) is 12.9. The van der Waals surface area contributed by atoms with E-state index in [-0.39, 0.29) is 80.3 Å². The van der Waals surface area contributed by atoms with Gasteiger partial charge in [-0.25, -0.2) is 0 Å². The minimum absolute atomic E-state index is 0.0527. The number of halogens is 12. The SMILES string of the molecule is O=C(c1cc(Cl)ccc1Cl)c1ccc(OC2CCCCO2)cc1OC1CCCCO1.O=C(c1ccc(O)cc1)c1cc(Cl)ccc1Cl.O=C(c1ccc(O)cc1O)c1cc(Cl)ccc1Cl.O=C(c1ccc(OC2CCCCO2)cc1)c1cc(Cl)ccc1Cl.O=C(c1ccc(S)cc1)c1cc(Cl)ccc1Cl.O=C(c1ccc(SC2CCCCO2)cc1)c1cc(Cl)ccc1Cl. The lowest BCUT2D eigenvalue weighted by Gasteiger charge is -2.26. The summed E-state index contributed by atoms with van der Waals surface area (Å²) in [6.07, 6.45) is 11.3. The molecule has 0 amide bonds. The minimum atomic E-state index is -0.458. The van der Waals surface area contributed by atoms with Crippen molar-refractivity contribution in [2.24, 2.45) is 0 Å². The lowest BCUT2D eigenvalue weighted by atomic mass is 10.0. The Balaban J connectivity index is 0.000000151. The Morgan fingerprint density at radius 3 is 0.953 bits per heavy atom. The molecule has 16 nitrogen and oxygen atoms in total. The summed E-state index contributed by atoms with van der Waals surface area (Å²) in [7, 11) is 0. The summed E-state index contributed by atoms with van der Waals surface area (Å²) >= 11 is 77.6. The zero-order valence-electron chi connectivity index (χ0n) is 67.8. The number of carbonyl (C=O) groups is 6. The summed E-state index contributed by atoms with van der Waals surface area (Å²) in [6, 6.07) is 65.0. The van der Waals surface area contributed by atoms with E-state index in [1.165, 1.54) is 61.0 Å². The maximum absolute atomic E-state index is 13.3. The lowest BCUT2D eigenvalue weighted by Crippen LogP contribution is -2.26. The number of thiol groups is 1. The van der Waals surface area contributed by atoms with E-state index in [1.807, 2.05) is 24.3 Å². The lowest BCUT2D eigenvalue weighted by molar-refractivity contribution is -0.109. The van der Waals surface area contributed by atoms with Gasteiger partial charge in [-0.15, -0.1) is 12.6 Å². The van der Waals surface area contributed by atoms with E-state index < -0.39 is 12.1 Å². The van der Waals surface area contributed by atoms with Crippen molar-refractivity contribution in [1.29, 1.82) is 0 Å². The van der Waals surface area contributed by atoms with E-state index in [1.54, 1.807) is 169 Å². The van der Waals surface area contributed by atoms with Gasteiger partial charge in [-0.1, -0.05) is 151 Å². The third kappa shape index (κ3) is 29.7. The third-order valence-electron chi connectivity index (χ3n) is 19.6. The first-order valence-corrected chi connectivity index (χ1v) is 45.9. The van der Waals surface area contributed by atoms with Crippen molar-refractivity contribution >= 4 is 198 Å². The molecule has 0 aromatic heterocycles. The van der Waals surface area contributed by atoms with Gasteiger partial charge in [0.2, 0.25) is 0 Å². The van der Waals surface area contributed by atoms with Crippen LogP contribution in [0.1, 0.15) is 173 Å². The van der Waals surface area contributed by atoms with Gasteiger partial charge < -0.3 is 48.5 Å². The highest BCUT2D eigenvalue weighted by Gasteiger charge is 2.27. The normalized spacial score (nSPS) is 15.7. The van der Waals surface area contributed by atoms with Gasteiger partial charge in [-0.2, -0.15) is 0 Å². The molecule has 0 radical (unpaired) electrons. The molecule has 3 N–H and O–H groups in total. The van der Waals surface area contributed by atoms with Crippen molar-refractivity contribution in [1.82, 2.24) is 0 Å². The molecule has 4 unspecified atom stereocenters. The number of ether oxygens (including phenoxy) is 7. The zero-order chi connectivity index (χ0) is 91.5. The molecule has 4 atom stereocenters. The van der Waals surface area contributed by atoms with E-state index in [0.29, 0.717) is 141 Å². The molecule has 4 aliphatic rings. The van der Waals surface area contributed by atoms with E-state index in [9.17, 15) is 39.0 Å². The minimum Gasteiger partial charge on any atom is -0.508 e. The molecule has 664 valence electrons. The average Bonchev–Trinajstić information content (AvgIpc) is 0.802. The Morgan fingerprint density at radius 1 is 0.289 bits per heavy atom. The van der Waals surface area contributed by atoms with Crippen LogP contribution >= 0.6 is 164 Å². The topological polar surface area (TPSA) is 228 Å². The smallest absolute Gasteiger partial charge is 0.199 e. The standard InChI is InChI=1S/C23H24Cl2O5.C18H16Cl2O3.C18H16Cl2O2S.C13H8Cl2O3.C13H8Cl2O2.C13H8Cl2OS/c24-15-7-10-19(25)18(13-15)23(26)17-9-8-16(29-21-5-1-3-11-27-21)14-20(17)30-22-6-2-4-12-28-22;2*19-13-6-9-16(20)15(11-13)18(21)12-4-7-14(8-5-12)23-17-3-1-2-10-22-17;14-7-1-4-11(15)10(5-7)13(18)9-3-2-8(16)6-12(9)17;14-9-3-6-12(15)11(7-9)13(17)8-1-4-10(16)5-2-8;14-9-3-6-12(15)11(7-9)13(16)8-1-4-10(17)5-2-8/h7-10,13-14,21-22H,1-6,11-12H2;2*4-9,11,17H,1-3,10H2;1-6,16-17H;1-7,16H;1-7,17H. The van der Waals surface area contributed by atoms with Crippen LogP contribution < -0.4 is 14.2 Å². The Labute approximate surface area is 810 Å². The molecule has 4 heterocycles. The van der Waals surface area contributed by atoms with E-state index in [2.05, 4.69) is 12.6 Å². The summed E-state index contributed by atoms with van der Waals surface area (Å²) in [5, 5.41) is 32.8. The molecule has 4 saturated heterocycles. The predicted molar refractivity (Wildman–Crippen MR) is 512 cm³/mol. The number of hydrogen-bond donors (Lipinski definition) is 4. The van der Waals surface area contributed by atoms with Crippen LogP contribution in [-0.4, -0.2) is 101 Å². The molecule has 0 spiro atoms. The number of phenolic OH excluding ortho intramolecular Hbond substituents is 3. The zero-order valence-corrected chi connectivity index (χ0v) is 78.5. The second kappa shape index (κ2) is 49.6. The highest BCUT2D eigenvalue weighted by molar-refractivity contribution is 7.99. The monoisotopic (exact) mass is 2000 g/mol. The summed E-state index contributed by atoms with van der Waals surface area (Å²) < 4.78 is 40.4. The Bertz CT molecular complexity index is 5640. The van der Waals surface area contributed by atoms with E-state index >= 15 is 0 Å².